The van der Waals surface area contributed by atoms with Crippen molar-refractivity contribution < 1.29 is 9.53 Å². The van der Waals surface area contributed by atoms with Gasteiger partial charge in [-0.2, -0.15) is 4.68 Å². The lowest BCUT2D eigenvalue weighted by Gasteiger charge is -2.16. The highest BCUT2D eigenvalue weighted by molar-refractivity contribution is 6.24. The van der Waals surface area contributed by atoms with Crippen LogP contribution in [-0.2, 0) is 4.79 Å². The van der Waals surface area contributed by atoms with Crippen molar-refractivity contribution in [2.75, 3.05) is 31.4 Å². The zero-order chi connectivity index (χ0) is 21.0. The van der Waals surface area contributed by atoms with Crippen molar-refractivity contribution in [2.45, 2.75) is 13.8 Å². The Hall–Kier alpha value is -3.68. The normalized spacial score (nSPS) is 11.3. The molecular formula is C21H24N6O2. The molecule has 0 aliphatic heterocycles. The average molecular weight is 392 g/mol. The molecule has 3 aromatic rings. The molecule has 0 saturated carbocycles. The molecule has 0 radical (unpaired) electrons. The van der Waals surface area contributed by atoms with Gasteiger partial charge >= 0.3 is 0 Å². The van der Waals surface area contributed by atoms with E-state index < -0.39 is 0 Å². The zero-order valence-electron chi connectivity index (χ0n) is 17.2. The largest absolute Gasteiger partial charge is 0.497 e. The number of ether oxygens (including phenoxy) is 1. The SMILES string of the molecule is COc1cccc(C=C(C(=O)Nc2ccc(N(C)C)cc2C)n2nnnc2C)c1. The molecule has 29 heavy (non-hydrogen) atoms. The fourth-order valence-electron chi connectivity index (χ4n) is 2.82. The van der Waals surface area contributed by atoms with E-state index in [1.54, 1.807) is 20.1 Å². The highest BCUT2D eigenvalue weighted by atomic mass is 16.5. The van der Waals surface area contributed by atoms with E-state index in [4.69, 9.17) is 4.74 Å². The maximum atomic E-state index is 13.2. The van der Waals surface area contributed by atoms with Gasteiger partial charge in [0.15, 0.2) is 5.82 Å². The number of hydrogen-bond donors (Lipinski definition) is 1. The van der Waals surface area contributed by atoms with Crippen LogP contribution in [-0.4, -0.2) is 47.3 Å². The van der Waals surface area contributed by atoms with Crippen LogP contribution >= 0.6 is 0 Å². The lowest BCUT2D eigenvalue weighted by Crippen LogP contribution is -2.20. The summed E-state index contributed by atoms with van der Waals surface area (Å²) in [7, 11) is 5.55. The quantitative estimate of drug-likeness (QED) is 0.649. The fraction of sp³-hybridized carbons (Fsp3) is 0.238. The Labute approximate surface area is 169 Å². The number of nitrogens with one attached hydrogen (secondary N) is 1. The van der Waals surface area contributed by atoms with Crippen LogP contribution < -0.4 is 15.0 Å². The predicted octanol–water partition coefficient (Wildman–Crippen LogP) is 3.00. The molecular weight excluding hydrogens is 368 g/mol. The Balaban J connectivity index is 1.97. The molecule has 1 amide bonds. The van der Waals surface area contributed by atoms with E-state index in [0.717, 1.165) is 22.5 Å². The number of aromatic nitrogens is 4. The minimum absolute atomic E-state index is 0.303. The molecule has 8 nitrogen and oxygen atoms in total. The second-order valence-electron chi connectivity index (χ2n) is 6.79. The molecule has 3 rings (SSSR count). The lowest BCUT2D eigenvalue weighted by molar-refractivity contribution is -0.111. The van der Waals surface area contributed by atoms with Gasteiger partial charge in [0.1, 0.15) is 11.4 Å². The van der Waals surface area contributed by atoms with Gasteiger partial charge in [-0.3, -0.25) is 4.79 Å². The Morgan fingerprint density at radius 2 is 1.97 bits per heavy atom. The number of hydrogen-bond acceptors (Lipinski definition) is 6. The Morgan fingerprint density at radius 3 is 2.59 bits per heavy atom. The van der Waals surface area contributed by atoms with Crippen LogP contribution in [0.25, 0.3) is 11.8 Å². The van der Waals surface area contributed by atoms with Crippen molar-refractivity contribution in [3.8, 4) is 5.75 Å². The lowest BCUT2D eigenvalue weighted by atomic mass is 10.1. The molecule has 0 fully saturated rings. The average Bonchev–Trinajstić information content (AvgIpc) is 3.13. The first-order valence-corrected chi connectivity index (χ1v) is 9.09. The number of methoxy groups -OCH3 is 1. The van der Waals surface area contributed by atoms with Crippen molar-refractivity contribution in [1.82, 2.24) is 20.2 Å². The van der Waals surface area contributed by atoms with Gasteiger partial charge in [-0.05, 0) is 71.8 Å². The number of amides is 1. The molecule has 0 saturated heterocycles. The summed E-state index contributed by atoms with van der Waals surface area (Å²) in [6, 6.07) is 13.3. The third-order valence-corrected chi connectivity index (χ3v) is 4.46. The monoisotopic (exact) mass is 392 g/mol. The van der Waals surface area contributed by atoms with E-state index in [2.05, 4.69) is 20.8 Å². The van der Waals surface area contributed by atoms with Crippen LogP contribution in [0.2, 0.25) is 0 Å². The van der Waals surface area contributed by atoms with Crippen LogP contribution in [0, 0.1) is 13.8 Å². The van der Waals surface area contributed by atoms with Gasteiger partial charge in [-0.25, -0.2) is 0 Å². The topological polar surface area (TPSA) is 85.2 Å². The first-order chi connectivity index (χ1) is 13.9. The van der Waals surface area contributed by atoms with E-state index in [9.17, 15) is 4.79 Å². The zero-order valence-corrected chi connectivity index (χ0v) is 17.2. The molecule has 1 N–H and O–H groups in total. The minimum atomic E-state index is -0.316. The van der Waals surface area contributed by atoms with E-state index in [-0.39, 0.29) is 5.91 Å². The maximum Gasteiger partial charge on any atom is 0.274 e. The molecule has 0 aliphatic carbocycles. The van der Waals surface area contributed by atoms with Crippen LogP contribution in [0.5, 0.6) is 5.75 Å². The van der Waals surface area contributed by atoms with Crippen molar-refractivity contribution in [1.29, 1.82) is 0 Å². The molecule has 150 valence electrons. The summed E-state index contributed by atoms with van der Waals surface area (Å²) in [5.74, 6) is 0.889. The molecule has 8 heteroatoms. The molecule has 1 aromatic heterocycles. The van der Waals surface area contributed by atoms with E-state index in [0.29, 0.717) is 17.3 Å². The molecule has 1 heterocycles. The molecule has 0 aliphatic rings. The number of tetrazole rings is 1. The van der Waals surface area contributed by atoms with Crippen molar-refractivity contribution in [3.05, 3.63) is 59.4 Å². The predicted molar refractivity (Wildman–Crippen MR) is 114 cm³/mol. The molecule has 0 atom stereocenters. The molecule has 0 spiro atoms. The van der Waals surface area contributed by atoms with Crippen LogP contribution in [0.4, 0.5) is 11.4 Å². The van der Waals surface area contributed by atoms with Gasteiger partial charge in [0.05, 0.1) is 7.11 Å². The van der Waals surface area contributed by atoms with Crippen molar-refractivity contribution in [3.63, 3.8) is 0 Å². The van der Waals surface area contributed by atoms with Gasteiger partial charge in [-0.1, -0.05) is 12.1 Å². The highest BCUT2D eigenvalue weighted by Gasteiger charge is 2.17. The third kappa shape index (κ3) is 4.60. The Kier molecular flexibility index (Phi) is 5.92. The minimum Gasteiger partial charge on any atom is -0.497 e. The van der Waals surface area contributed by atoms with Gasteiger partial charge in [0, 0.05) is 25.5 Å². The van der Waals surface area contributed by atoms with Gasteiger partial charge in [0.2, 0.25) is 0 Å². The molecule has 0 unspecified atom stereocenters. The van der Waals surface area contributed by atoms with E-state index in [1.807, 2.05) is 68.4 Å². The third-order valence-electron chi connectivity index (χ3n) is 4.46. The van der Waals surface area contributed by atoms with Crippen molar-refractivity contribution in [2.24, 2.45) is 0 Å². The standard InChI is InChI=1S/C21H24N6O2/c1-14-11-17(26(3)4)9-10-19(14)22-21(28)20(27-15(2)23-24-25-27)13-16-7-6-8-18(12-16)29-5/h6-13H,1-5H3,(H,22,28). The maximum absolute atomic E-state index is 13.2. The second-order valence-corrected chi connectivity index (χ2v) is 6.79. The second kappa shape index (κ2) is 8.55. The molecule has 2 aromatic carbocycles. The summed E-state index contributed by atoms with van der Waals surface area (Å²) in [5, 5.41) is 14.5. The molecule has 0 bridgehead atoms. The Morgan fingerprint density at radius 1 is 1.17 bits per heavy atom. The van der Waals surface area contributed by atoms with E-state index in [1.165, 1.54) is 4.68 Å². The van der Waals surface area contributed by atoms with E-state index >= 15 is 0 Å². The van der Waals surface area contributed by atoms with Gasteiger partial charge < -0.3 is 15.0 Å². The number of aryl methyl sites for hydroxylation is 2. The van der Waals surface area contributed by atoms with Gasteiger partial charge in [-0.15, -0.1) is 5.10 Å². The number of carbonyl (C=O) groups is 1. The summed E-state index contributed by atoms with van der Waals surface area (Å²) in [6.45, 7) is 3.69. The number of benzene rings is 2. The first-order valence-electron chi connectivity index (χ1n) is 9.09. The summed E-state index contributed by atoms with van der Waals surface area (Å²) in [6.07, 6.45) is 1.73. The number of anilines is 2. The number of nitrogens with zero attached hydrogens (tertiary/aromatic N) is 5. The highest BCUT2D eigenvalue weighted by Crippen LogP contribution is 2.23. The number of carbonyl (C=O) groups excluding carboxylic acids is 1. The fourth-order valence-corrected chi connectivity index (χ4v) is 2.82. The smallest absolute Gasteiger partial charge is 0.274 e. The summed E-state index contributed by atoms with van der Waals surface area (Å²) in [5.41, 5.74) is 3.84. The van der Waals surface area contributed by atoms with Crippen molar-refractivity contribution >= 4 is 29.1 Å². The van der Waals surface area contributed by atoms with Crippen LogP contribution in [0.1, 0.15) is 17.0 Å². The number of rotatable bonds is 6. The van der Waals surface area contributed by atoms with Crippen LogP contribution in [0.15, 0.2) is 42.5 Å². The summed E-state index contributed by atoms with van der Waals surface area (Å²) in [4.78, 5) is 15.2. The van der Waals surface area contributed by atoms with Gasteiger partial charge in [0.25, 0.3) is 5.91 Å². The summed E-state index contributed by atoms with van der Waals surface area (Å²) >= 11 is 0. The van der Waals surface area contributed by atoms with Crippen LogP contribution in [0.3, 0.4) is 0 Å². The first kappa shape index (κ1) is 20.1. The Bertz CT molecular complexity index is 1050. The summed E-state index contributed by atoms with van der Waals surface area (Å²) < 4.78 is 6.69.